The van der Waals surface area contributed by atoms with Crippen molar-refractivity contribution in [2.45, 2.75) is 76.1 Å². The number of ether oxygens (including phenoxy) is 2. The van der Waals surface area contributed by atoms with Crippen LogP contribution in [0.1, 0.15) is 59.3 Å². The quantitative estimate of drug-likeness (QED) is 0.540. The van der Waals surface area contributed by atoms with Gasteiger partial charge in [-0.05, 0) is 46.0 Å². The maximum Gasteiger partial charge on any atom is 0.346 e. The van der Waals surface area contributed by atoms with E-state index in [0.717, 1.165) is 25.7 Å². The Kier molecular flexibility index (Phi) is 2.63. The Balaban J connectivity index is 1.90. The summed E-state index contributed by atoms with van der Waals surface area (Å²) in [7, 11) is 0. The Bertz CT molecular complexity index is 436. The first-order valence-electron chi connectivity index (χ1n) is 7.24. The summed E-state index contributed by atoms with van der Waals surface area (Å²) in [5, 5.41) is 0. The third-order valence-corrected chi connectivity index (χ3v) is 4.76. The van der Waals surface area contributed by atoms with E-state index in [0.29, 0.717) is 18.8 Å². The SMILES string of the molecule is CC(C)(C)OC(=O)[C@]12C[C@H]3CCC[C@@]3(CCC1=O)O2. The van der Waals surface area contributed by atoms with Crippen molar-refractivity contribution in [3.05, 3.63) is 0 Å². The van der Waals surface area contributed by atoms with Gasteiger partial charge in [-0.2, -0.15) is 0 Å². The molecule has 0 unspecified atom stereocenters. The summed E-state index contributed by atoms with van der Waals surface area (Å²) in [5.41, 5.74) is -2.10. The van der Waals surface area contributed by atoms with Crippen LogP contribution in [0.4, 0.5) is 0 Å². The van der Waals surface area contributed by atoms with Crippen molar-refractivity contribution in [2.75, 3.05) is 0 Å². The fraction of sp³-hybridized carbons (Fsp3) is 0.867. The fourth-order valence-electron chi connectivity index (χ4n) is 3.95. The number of fused-ring (bicyclic) bond motifs is 1. The van der Waals surface area contributed by atoms with E-state index < -0.39 is 17.2 Å². The van der Waals surface area contributed by atoms with Gasteiger partial charge in [0.1, 0.15) is 5.60 Å². The van der Waals surface area contributed by atoms with Crippen LogP contribution in [-0.2, 0) is 19.1 Å². The summed E-state index contributed by atoms with van der Waals surface area (Å²) in [4.78, 5) is 24.8. The lowest BCUT2D eigenvalue weighted by Gasteiger charge is -2.38. The van der Waals surface area contributed by atoms with E-state index in [1.165, 1.54) is 0 Å². The molecule has 1 aliphatic carbocycles. The highest BCUT2D eigenvalue weighted by molar-refractivity contribution is 6.08. The third kappa shape index (κ3) is 1.83. The molecule has 106 valence electrons. The van der Waals surface area contributed by atoms with E-state index in [2.05, 4.69) is 0 Å². The molecule has 3 rings (SSSR count). The van der Waals surface area contributed by atoms with Gasteiger partial charge >= 0.3 is 5.97 Å². The van der Waals surface area contributed by atoms with E-state index in [1.54, 1.807) is 0 Å². The third-order valence-electron chi connectivity index (χ3n) is 4.76. The standard InChI is InChI=1S/C15H22O4/c1-13(2,3)18-12(17)15-9-10-5-4-7-14(10,19-15)8-6-11(15)16/h10H,4-9H2,1-3H3/t10-,14+,15+/m1/s1. The number of esters is 1. The van der Waals surface area contributed by atoms with Crippen molar-refractivity contribution < 1.29 is 19.1 Å². The minimum absolute atomic E-state index is 0.0817. The Morgan fingerprint density at radius 2 is 2.11 bits per heavy atom. The lowest BCUT2D eigenvalue weighted by Crippen LogP contribution is -2.54. The maximum absolute atomic E-state index is 12.5. The monoisotopic (exact) mass is 266 g/mol. The average molecular weight is 266 g/mol. The summed E-state index contributed by atoms with van der Waals surface area (Å²) in [5.74, 6) is -0.202. The predicted molar refractivity (Wildman–Crippen MR) is 68.6 cm³/mol. The molecule has 3 atom stereocenters. The molecule has 1 spiro atoms. The number of carbonyl (C=O) groups is 2. The molecule has 0 radical (unpaired) electrons. The molecule has 2 saturated heterocycles. The zero-order valence-electron chi connectivity index (χ0n) is 12.0. The van der Waals surface area contributed by atoms with E-state index >= 15 is 0 Å². The first kappa shape index (κ1) is 13.1. The zero-order chi connectivity index (χ0) is 13.9. The molecular formula is C15H22O4. The highest BCUT2D eigenvalue weighted by Crippen LogP contribution is 2.57. The molecule has 0 N–H and O–H groups in total. The molecule has 4 heteroatoms. The van der Waals surface area contributed by atoms with Gasteiger partial charge in [0.25, 0.3) is 0 Å². The van der Waals surface area contributed by atoms with Crippen LogP contribution >= 0.6 is 0 Å². The maximum atomic E-state index is 12.5. The van der Waals surface area contributed by atoms with Crippen molar-refractivity contribution in [1.29, 1.82) is 0 Å². The second-order valence-corrected chi connectivity index (χ2v) is 7.21. The molecule has 1 saturated carbocycles. The van der Waals surface area contributed by atoms with Gasteiger partial charge in [0, 0.05) is 12.8 Å². The lowest BCUT2D eigenvalue weighted by atomic mass is 9.88. The Labute approximate surface area is 113 Å². The van der Waals surface area contributed by atoms with E-state index in [1.807, 2.05) is 20.8 Å². The molecule has 2 heterocycles. The molecule has 3 aliphatic rings. The highest BCUT2D eigenvalue weighted by atomic mass is 16.6. The average Bonchev–Trinajstić information content (AvgIpc) is 2.74. The van der Waals surface area contributed by atoms with Crippen LogP contribution in [0.2, 0.25) is 0 Å². The number of rotatable bonds is 1. The molecule has 4 nitrogen and oxygen atoms in total. The number of ketones is 1. The van der Waals surface area contributed by atoms with Crippen LogP contribution in [0.3, 0.4) is 0 Å². The van der Waals surface area contributed by atoms with Gasteiger partial charge in [0.05, 0.1) is 5.60 Å². The van der Waals surface area contributed by atoms with E-state index in [9.17, 15) is 9.59 Å². The van der Waals surface area contributed by atoms with Gasteiger partial charge in [0.2, 0.25) is 5.60 Å². The van der Waals surface area contributed by atoms with Gasteiger partial charge in [-0.25, -0.2) is 4.79 Å². The Hall–Kier alpha value is -0.900. The van der Waals surface area contributed by atoms with Crippen LogP contribution in [0.25, 0.3) is 0 Å². The van der Waals surface area contributed by atoms with Gasteiger partial charge in [-0.1, -0.05) is 6.42 Å². The molecule has 19 heavy (non-hydrogen) atoms. The highest BCUT2D eigenvalue weighted by Gasteiger charge is 2.67. The van der Waals surface area contributed by atoms with Gasteiger partial charge in [-0.3, -0.25) is 4.79 Å². The van der Waals surface area contributed by atoms with Crippen LogP contribution in [0.5, 0.6) is 0 Å². The first-order valence-corrected chi connectivity index (χ1v) is 7.24. The fourth-order valence-corrected chi connectivity index (χ4v) is 3.95. The molecule has 2 aliphatic heterocycles. The number of hydrogen-bond acceptors (Lipinski definition) is 4. The molecule has 0 aromatic rings. The molecule has 2 bridgehead atoms. The van der Waals surface area contributed by atoms with Crippen LogP contribution in [0, 0.1) is 5.92 Å². The van der Waals surface area contributed by atoms with Crippen molar-refractivity contribution in [1.82, 2.24) is 0 Å². The van der Waals surface area contributed by atoms with E-state index in [4.69, 9.17) is 9.47 Å². The van der Waals surface area contributed by atoms with Crippen LogP contribution in [-0.4, -0.2) is 28.6 Å². The van der Waals surface area contributed by atoms with E-state index in [-0.39, 0.29) is 11.4 Å². The van der Waals surface area contributed by atoms with Crippen LogP contribution < -0.4 is 0 Å². The Morgan fingerprint density at radius 3 is 2.79 bits per heavy atom. The first-order chi connectivity index (χ1) is 8.78. The summed E-state index contributed by atoms with van der Waals surface area (Å²) >= 11 is 0. The smallest absolute Gasteiger partial charge is 0.346 e. The minimum Gasteiger partial charge on any atom is -0.457 e. The number of carbonyl (C=O) groups excluding carboxylic acids is 2. The number of Topliss-reactive ketones (excluding diaryl/α,β-unsaturated/α-hetero) is 1. The topological polar surface area (TPSA) is 52.6 Å². The molecule has 0 amide bonds. The van der Waals surface area contributed by atoms with Gasteiger partial charge in [0.15, 0.2) is 5.78 Å². The van der Waals surface area contributed by atoms with Crippen LogP contribution in [0.15, 0.2) is 0 Å². The molecule has 3 fully saturated rings. The van der Waals surface area contributed by atoms with Crippen molar-refractivity contribution >= 4 is 11.8 Å². The minimum atomic E-state index is -1.30. The molecule has 0 aromatic heterocycles. The second-order valence-electron chi connectivity index (χ2n) is 7.21. The Morgan fingerprint density at radius 1 is 1.37 bits per heavy atom. The largest absolute Gasteiger partial charge is 0.457 e. The van der Waals surface area contributed by atoms with Crippen molar-refractivity contribution in [2.24, 2.45) is 5.92 Å². The number of hydrogen-bond donors (Lipinski definition) is 0. The van der Waals surface area contributed by atoms with Gasteiger partial charge in [-0.15, -0.1) is 0 Å². The van der Waals surface area contributed by atoms with Crippen molar-refractivity contribution in [3.63, 3.8) is 0 Å². The summed E-state index contributed by atoms with van der Waals surface area (Å²) in [6, 6.07) is 0. The molecular weight excluding hydrogens is 244 g/mol. The summed E-state index contributed by atoms with van der Waals surface area (Å²) in [6.45, 7) is 5.46. The lowest BCUT2D eigenvalue weighted by molar-refractivity contribution is -0.200. The zero-order valence-corrected chi connectivity index (χ0v) is 12.0. The summed E-state index contributed by atoms with van der Waals surface area (Å²) in [6.07, 6.45) is 4.95. The second kappa shape index (κ2) is 3.81. The normalized spacial score (nSPS) is 41.2. The molecule has 0 aromatic carbocycles. The van der Waals surface area contributed by atoms with Crippen molar-refractivity contribution in [3.8, 4) is 0 Å². The summed E-state index contributed by atoms with van der Waals surface area (Å²) < 4.78 is 11.5. The predicted octanol–water partition coefficient (Wildman–Crippen LogP) is 2.39. The van der Waals surface area contributed by atoms with Gasteiger partial charge < -0.3 is 9.47 Å².